The maximum absolute atomic E-state index is 11.7. The number of aromatic amines is 1. The van der Waals surface area contributed by atoms with Gasteiger partial charge in [-0.05, 0) is 24.6 Å². The molecule has 0 radical (unpaired) electrons. The third kappa shape index (κ3) is 3.88. The molecule has 0 atom stereocenters. The Hall–Kier alpha value is -2.83. The van der Waals surface area contributed by atoms with E-state index >= 15 is 0 Å². The summed E-state index contributed by atoms with van der Waals surface area (Å²) in [6.45, 7) is 2.41. The Kier molecular flexibility index (Phi) is 5.00. The minimum atomic E-state index is -0.462. The molecular formula is C16H21N5O2. The number of benzene rings is 1. The van der Waals surface area contributed by atoms with Crippen LogP contribution in [0.3, 0.4) is 0 Å². The molecule has 0 amide bonds. The van der Waals surface area contributed by atoms with Gasteiger partial charge in [0.05, 0.1) is 6.21 Å². The van der Waals surface area contributed by atoms with Gasteiger partial charge in [-0.15, -0.1) is 0 Å². The van der Waals surface area contributed by atoms with Crippen molar-refractivity contribution in [1.29, 1.82) is 0 Å². The molecule has 1 heterocycles. The molecule has 1 aromatic carbocycles. The SMILES string of the molecule is CCN(/N=C\c1ccc(N(C)C)cc1)c1cc(=O)n(C)c(=O)[nH]1. The highest BCUT2D eigenvalue weighted by Gasteiger charge is 2.06. The minimum Gasteiger partial charge on any atom is -0.378 e. The Balaban J connectivity index is 2.25. The molecule has 0 aliphatic carbocycles. The van der Waals surface area contributed by atoms with E-state index in [1.807, 2.05) is 50.2 Å². The minimum absolute atomic E-state index is 0.368. The smallest absolute Gasteiger partial charge is 0.329 e. The normalized spacial score (nSPS) is 11.0. The van der Waals surface area contributed by atoms with Crippen LogP contribution < -0.4 is 21.2 Å². The predicted molar refractivity (Wildman–Crippen MR) is 93.7 cm³/mol. The van der Waals surface area contributed by atoms with E-state index in [1.165, 1.54) is 13.1 Å². The molecule has 0 fully saturated rings. The lowest BCUT2D eigenvalue weighted by molar-refractivity contribution is 0.756. The van der Waals surface area contributed by atoms with Gasteiger partial charge in [0.25, 0.3) is 5.56 Å². The van der Waals surface area contributed by atoms with Crippen LogP contribution in [0.5, 0.6) is 0 Å². The molecule has 0 spiro atoms. The average molecular weight is 315 g/mol. The second-order valence-corrected chi connectivity index (χ2v) is 5.30. The first kappa shape index (κ1) is 16.5. The van der Waals surface area contributed by atoms with Crippen LogP contribution in [0.2, 0.25) is 0 Å². The first-order valence-corrected chi connectivity index (χ1v) is 7.31. The molecule has 2 aromatic rings. The van der Waals surface area contributed by atoms with Crippen LogP contribution in [0.4, 0.5) is 11.5 Å². The summed E-state index contributed by atoms with van der Waals surface area (Å²) in [6.07, 6.45) is 1.69. The van der Waals surface area contributed by atoms with Gasteiger partial charge in [-0.3, -0.25) is 14.3 Å². The van der Waals surface area contributed by atoms with Gasteiger partial charge in [-0.25, -0.2) is 9.80 Å². The van der Waals surface area contributed by atoms with Crippen LogP contribution in [0.25, 0.3) is 0 Å². The molecule has 7 heteroatoms. The molecular weight excluding hydrogens is 294 g/mol. The molecule has 23 heavy (non-hydrogen) atoms. The molecule has 0 aliphatic heterocycles. The summed E-state index contributed by atoms with van der Waals surface area (Å²) in [5.41, 5.74) is 1.20. The molecule has 1 N–H and O–H groups in total. The van der Waals surface area contributed by atoms with E-state index < -0.39 is 5.69 Å². The van der Waals surface area contributed by atoms with Gasteiger partial charge in [0.15, 0.2) is 0 Å². The van der Waals surface area contributed by atoms with Crippen molar-refractivity contribution in [3.8, 4) is 0 Å². The molecule has 0 bridgehead atoms. The van der Waals surface area contributed by atoms with Crippen LogP contribution in [0.1, 0.15) is 12.5 Å². The Morgan fingerprint density at radius 2 is 1.87 bits per heavy atom. The zero-order valence-corrected chi connectivity index (χ0v) is 13.8. The second kappa shape index (κ2) is 6.95. The van der Waals surface area contributed by atoms with Crippen LogP contribution >= 0.6 is 0 Å². The molecule has 122 valence electrons. The molecule has 7 nitrogen and oxygen atoms in total. The summed E-state index contributed by atoms with van der Waals surface area (Å²) in [7, 11) is 5.39. The summed E-state index contributed by atoms with van der Waals surface area (Å²) < 4.78 is 1.01. The topological polar surface area (TPSA) is 73.7 Å². The predicted octanol–water partition coefficient (Wildman–Crippen LogP) is 1.000. The number of anilines is 2. The van der Waals surface area contributed by atoms with E-state index in [2.05, 4.69) is 10.1 Å². The van der Waals surface area contributed by atoms with Crippen molar-refractivity contribution < 1.29 is 0 Å². The van der Waals surface area contributed by atoms with Crippen LogP contribution in [-0.2, 0) is 7.05 Å². The molecule has 0 aliphatic rings. The number of aromatic nitrogens is 2. The van der Waals surface area contributed by atoms with E-state index in [9.17, 15) is 9.59 Å². The Bertz CT molecular complexity index is 771. The van der Waals surface area contributed by atoms with Gasteiger partial charge in [0, 0.05) is 39.4 Å². The van der Waals surface area contributed by atoms with Gasteiger partial charge < -0.3 is 4.90 Å². The summed E-state index contributed by atoms with van der Waals surface area (Å²) >= 11 is 0. The lowest BCUT2D eigenvalue weighted by Crippen LogP contribution is -2.34. The number of hydrogen-bond acceptors (Lipinski definition) is 5. The van der Waals surface area contributed by atoms with Crippen molar-refractivity contribution in [2.45, 2.75) is 6.92 Å². The number of hydrogen-bond donors (Lipinski definition) is 1. The van der Waals surface area contributed by atoms with Crippen molar-refractivity contribution in [3.63, 3.8) is 0 Å². The summed E-state index contributed by atoms with van der Waals surface area (Å²) in [6, 6.07) is 9.27. The zero-order valence-electron chi connectivity index (χ0n) is 13.8. The Labute approximate surface area is 134 Å². The number of rotatable bonds is 5. The van der Waals surface area contributed by atoms with Crippen molar-refractivity contribution >= 4 is 17.7 Å². The maximum atomic E-state index is 11.7. The highest BCUT2D eigenvalue weighted by molar-refractivity contribution is 5.81. The number of nitrogens with zero attached hydrogens (tertiary/aromatic N) is 4. The zero-order chi connectivity index (χ0) is 17.0. The van der Waals surface area contributed by atoms with E-state index in [1.54, 1.807) is 11.2 Å². The molecule has 1 aromatic heterocycles. The fourth-order valence-electron chi connectivity index (χ4n) is 1.99. The monoisotopic (exact) mass is 315 g/mol. The third-order valence-electron chi connectivity index (χ3n) is 3.46. The van der Waals surface area contributed by atoms with E-state index in [0.29, 0.717) is 12.4 Å². The highest BCUT2D eigenvalue weighted by atomic mass is 16.2. The summed E-state index contributed by atoms with van der Waals surface area (Å²) in [5, 5.41) is 5.92. The molecule has 2 rings (SSSR count). The van der Waals surface area contributed by atoms with E-state index in [4.69, 9.17) is 0 Å². The van der Waals surface area contributed by atoms with E-state index in [-0.39, 0.29) is 5.56 Å². The van der Waals surface area contributed by atoms with Crippen molar-refractivity contribution in [1.82, 2.24) is 9.55 Å². The maximum Gasteiger partial charge on any atom is 0.329 e. The molecule has 0 unspecified atom stereocenters. The molecule has 0 saturated carbocycles. The van der Waals surface area contributed by atoms with Gasteiger partial charge in [-0.2, -0.15) is 5.10 Å². The number of H-pyrrole nitrogens is 1. The van der Waals surface area contributed by atoms with Crippen LogP contribution in [0.15, 0.2) is 45.0 Å². The van der Waals surface area contributed by atoms with E-state index in [0.717, 1.165) is 15.8 Å². The Morgan fingerprint density at radius 1 is 1.22 bits per heavy atom. The Morgan fingerprint density at radius 3 is 2.39 bits per heavy atom. The third-order valence-corrected chi connectivity index (χ3v) is 3.46. The van der Waals surface area contributed by atoms with Crippen LogP contribution in [-0.4, -0.2) is 36.4 Å². The van der Waals surface area contributed by atoms with Gasteiger partial charge >= 0.3 is 5.69 Å². The summed E-state index contributed by atoms with van der Waals surface area (Å²) in [5.74, 6) is 0.377. The van der Waals surface area contributed by atoms with Gasteiger partial charge in [-0.1, -0.05) is 12.1 Å². The van der Waals surface area contributed by atoms with Crippen molar-refractivity contribution in [2.24, 2.45) is 12.1 Å². The number of hydrazone groups is 1. The largest absolute Gasteiger partial charge is 0.378 e. The standard InChI is InChI=1S/C16H21N5O2/c1-5-21(14-10-15(22)20(4)16(23)18-14)17-11-12-6-8-13(9-7-12)19(2)3/h6-11H,5H2,1-4H3,(H,18,23)/b17-11-. The number of nitrogens with one attached hydrogen (secondary N) is 1. The van der Waals surface area contributed by atoms with Crippen molar-refractivity contribution in [2.75, 3.05) is 30.5 Å². The van der Waals surface area contributed by atoms with Crippen LogP contribution in [0, 0.1) is 0 Å². The molecule has 0 saturated heterocycles. The average Bonchev–Trinajstić information content (AvgIpc) is 2.53. The quantitative estimate of drug-likeness (QED) is 0.660. The first-order chi connectivity index (χ1) is 10.9. The highest BCUT2D eigenvalue weighted by Crippen LogP contribution is 2.11. The summed E-state index contributed by atoms with van der Waals surface area (Å²) in [4.78, 5) is 28.1. The fourth-order valence-corrected chi connectivity index (χ4v) is 1.99. The lowest BCUT2D eigenvalue weighted by Gasteiger charge is -2.16. The van der Waals surface area contributed by atoms with Crippen molar-refractivity contribution in [3.05, 3.63) is 56.7 Å². The van der Waals surface area contributed by atoms with Gasteiger partial charge in [0.2, 0.25) is 0 Å². The second-order valence-electron chi connectivity index (χ2n) is 5.30. The first-order valence-electron chi connectivity index (χ1n) is 7.31. The van der Waals surface area contributed by atoms with Gasteiger partial charge in [0.1, 0.15) is 5.82 Å². The lowest BCUT2D eigenvalue weighted by atomic mass is 10.2. The fraction of sp³-hybridized carbons (Fsp3) is 0.312.